The van der Waals surface area contributed by atoms with Gasteiger partial charge in [-0.05, 0) is 18.9 Å². The molecule has 4 nitrogen and oxygen atoms in total. The number of allylic oxidation sites excluding steroid dienone is 6. The summed E-state index contributed by atoms with van der Waals surface area (Å²) in [6.07, 6.45) is 10.5. The van der Waals surface area contributed by atoms with Crippen molar-refractivity contribution < 1.29 is 13.9 Å². The first-order valence-corrected chi connectivity index (χ1v) is 7.95. The highest BCUT2D eigenvalue weighted by Crippen LogP contribution is 2.75. The molecular weight excluding hydrogens is 261 g/mol. The number of carbonyl (C=O) groups excluding carboxylic acids is 1. The van der Waals surface area contributed by atoms with Crippen molar-refractivity contribution in [1.82, 2.24) is 0 Å². The maximum absolute atomic E-state index is 13.2. The molecule has 1 amide bonds. The van der Waals surface area contributed by atoms with Crippen molar-refractivity contribution in [3.05, 3.63) is 35.7 Å². The standard InChI is InChI=1S/C14H20NO3P/c1-13(2)7-5-4-6-11(10-13)19(17,18-3)14(8-9-14)12(15)16/h4-7,10H,8-9H2,1-3H3,(H2,15,16). The molecule has 1 fully saturated rings. The van der Waals surface area contributed by atoms with Crippen LogP contribution in [0.2, 0.25) is 0 Å². The van der Waals surface area contributed by atoms with E-state index >= 15 is 0 Å². The summed E-state index contributed by atoms with van der Waals surface area (Å²) in [5.74, 6) is -0.526. The first-order valence-electron chi connectivity index (χ1n) is 6.33. The van der Waals surface area contributed by atoms with E-state index in [0.29, 0.717) is 18.2 Å². The van der Waals surface area contributed by atoms with Crippen LogP contribution in [0.3, 0.4) is 0 Å². The Morgan fingerprint density at radius 3 is 2.47 bits per heavy atom. The maximum Gasteiger partial charge on any atom is 0.246 e. The fourth-order valence-electron chi connectivity index (χ4n) is 2.45. The predicted molar refractivity (Wildman–Crippen MR) is 75.9 cm³/mol. The van der Waals surface area contributed by atoms with Gasteiger partial charge in [-0.1, -0.05) is 38.2 Å². The van der Waals surface area contributed by atoms with Crippen LogP contribution < -0.4 is 5.73 Å². The fraction of sp³-hybridized carbons (Fsp3) is 0.500. The van der Waals surface area contributed by atoms with Gasteiger partial charge >= 0.3 is 0 Å². The minimum absolute atomic E-state index is 0.235. The predicted octanol–water partition coefficient (Wildman–Crippen LogP) is 2.96. The van der Waals surface area contributed by atoms with Gasteiger partial charge in [0.25, 0.3) is 0 Å². The molecule has 2 aliphatic rings. The van der Waals surface area contributed by atoms with E-state index in [0.717, 1.165) is 0 Å². The molecule has 2 rings (SSSR count). The molecule has 19 heavy (non-hydrogen) atoms. The molecule has 1 unspecified atom stereocenters. The van der Waals surface area contributed by atoms with E-state index in [1.807, 2.05) is 38.2 Å². The Bertz CT molecular complexity index is 539. The first kappa shape index (κ1) is 14.3. The average Bonchev–Trinajstić information content (AvgIpc) is 3.13. The van der Waals surface area contributed by atoms with Gasteiger partial charge in [0.1, 0.15) is 5.16 Å². The summed E-state index contributed by atoms with van der Waals surface area (Å²) < 4.78 is 18.6. The molecule has 0 heterocycles. The molecular formula is C14H20NO3P. The van der Waals surface area contributed by atoms with Gasteiger partial charge in [0, 0.05) is 17.8 Å². The highest BCUT2D eigenvalue weighted by molar-refractivity contribution is 7.66. The summed E-state index contributed by atoms with van der Waals surface area (Å²) in [5.41, 5.74) is 5.21. The molecule has 104 valence electrons. The normalized spacial score (nSPS) is 26.2. The van der Waals surface area contributed by atoms with Gasteiger partial charge in [0.15, 0.2) is 0 Å². The number of primary amides is 1. The van der Waals surface area contributed by atoms with Crippen LogP contribution in [0.4, 0.5) is 0 Å². The third kappa shape index (κ3) is 2.24. The lowest BCUT2D eigenvalue weighted by molar-refractivity contribution is -0.118. The van der Waals surface area contributed by atoms with E-state index in [9.17, 15) is 9.36 Å². The summed E-state index contributed by atoms with van der Waals surface area (Å²) in [5, 5.41) is -0.417. The minimum Gasteiger partial charge on any atom is -0.369 e. The third-order valence-corrected chi connectivity index (χ3v) is 7.03. The smallest absolute Gasteiger partial charge is 0.246 e. The largest absolute Gasteiger partial charge is 0.369 e. The van der Waals surface area contributed by atoms with Crippen LogP contribution in [0.5, 0.6) is 0 Å². The Labute approximate surface area is 113 Å². The molecule has 0 aromatic carbocycles. The molecule has 1 saturated carbocycles. The van der Waals surface area contributed by atoms with Crippen molar-refractivity contribution in [2.75, 3.05) is 7.11 Å². The number of amides is 1. The summed E-state index contributed by atoms with van der Waals surface area (Å²) in [4.78, 5) is 11.7. The van der Waals surface area contributed by atoms with E-state index in [1.165, 1.54) is 7.11 Å². The summed E-state index contributed by atoms with van der Waals surface area (Å²) in [6.45, 7) is 4.03. The SMILES string of the molecule is COP(=O)(C1=CC(C)(C)C=CC=C1)C1(C(N)=O)CC1. The molecule has 2 aliphatic carbocycles. The molecule has 0 saturated heterocycles. The molecule has 0 spiro atoms. The van der Waals surface area contributed by atoms with Crippen LogP contribution in [0.15, 0.2) is 35.7 Å². The highest BCUT2D eigenvalue weighted by atomic mass is 31.2. The lowest BCUT2D eigenvalue weighted by Crippen LogP contribution is -2.31. The van der Waals surface area contributed by atoms with Crippen molar-refractivity contribution in [3.8, 4) is 0 Å². The Morgan fingerprint density at radius 2 is 2.00 bits per heavy atom. The zero-order chi connectivity index (χ0) is 14.3. The summed E-state index contributed by atoms with van der Waals surface area (Å²) in [6, 6.07) is 0. The van der Waals surface area contributed by atoms with E-state index in [-0.39, 0.29) is 5.41 Å². The lowest BCUT2D eigenvalue weighted by Gasteiger charge is -2.26. The number of rotatable bonds is 4. The third-order valence-electron chi connectivity index (χ3n) is 3.77. The molecule has 1 atom stereocenters. The van der Waals surface area contributed by atoms with Crippen LogP contribution in [0.1, 0.15) is 26.7 Å². The van der Waals surface area contributed by atoms with Crippen LogP contribution in [0, 0.1) is 5.41 Å². The maximum atomic E-state index is 13.2. The van der Waals surface area contributed by atoms with E-state index in [1.54, 1.807) is 6.08 Å². The second-order valence-corrected chi connectivity index (χ2v) is 8.58. The van der Waals surface area contributed by atoms with E-state index in [4.69, 9.17) is 10.3 Å². The molecule has 0 aliphatic heterocycles. The Balaban J connectivity index is 2.52. The van der Waals surface area contributed by atoms with E-state index in [2.05, 4.69) is 0 Å². The Kier molecular flexibility index (Phi) is 3.36. The number of hydrogen-bond acceptors (Lipinski definition) is 3. The van der Waals surface area contributed by atoms with Gasteiger partial charge in [0.2, 0.25) is 13.3 Å². The zero-order valence-electron chi connectivity index (χ0n) is 11.6. The second-order valence-electron chi connectivity index (χ2n) is 5.74. The van der Waals surface area contributed by atoms with Crippen molar-refractivity contribution in [2.45, 2.75) is 31.8 Å². The number of carbonyl (C=O) groups is 1. The lowest BCUT2D eigenvalue weighted by atomic mass is 9.93. The zero-order valence-corrected chi connectivity index (χ0v) is 12.4. The first-order chi connectivity index (χ1) is 8.77. The average molecular weight is 281 g/mol. The van der Waals surface area contributed by atoms with Crippen LogP contribution in [-0.4, -0.2) is 18.2 Å². The van der Waals surface area contributed by atoms with Crippen LogP contribution in [-0.2, 0) is 13.9 Å². The molecule has 0 aromatic rings. The Morgan fingerprint density at radius 1 is 1.37 bits per heavy atom. The van der Waals surface area contributed by atoms with Gasteiger partial charge in [-0.25, -0.2) is 0 Å². The van der Waals surface area contributed by atoms with Gasteiger partial charge in [-0.15, -0.1) is 0 Å². The Hall–Kier alpha value is -1.12. The monoisotopic (exact) mass is 281 g/mol. The topological polar surface area (TPSA) is 69.4 Å². The summed E-state index contributed by atoms with van der Waals surface area (Å²) >= 11 is 0. The van der Waals surface area contributed by atoms with Crippen LogP contribution in [0.25, 0.3) is 0 Å². The van der Waals surface area contributed by atoms with E-state index < -0.39 is 18.4 Å². The molecule has 0 aromatic heterocycles. The van der Waals surface area contributed by atoms with Gasteiger partial charge in [0.05, 0.1) is 0 Å². The van der Waals surface area contributed by atoms with Gasteiger partial charge in [-0.2, -0.15) is 0 Å². The molecule has 0 bridgehead atoms. The molecule has 5 heteroatoms. The number of nitrogens with two attached hydrogens (primary N) is 1. The van der Waals surface area contributed by atoms with Crippen molar-refractivity contribution in [2.24, 2.45) is 11.1 Å². The van der Waals surface area contributed by atoms with Gasteiger partial charge < -0.3 is 10.3 Å². The second kappa shape index (κ2) is 4.46. The number of hydrogen-bond donors (Lipinski definition) is 1. The minimum atomic E-state index is -3.27. The fourth-order valence-corrected chi connectivity index (χ4v) is 5.28. The van der Waals surface area contributed by atoms with Crippen molar-refractivity contribution >= 4 is 13.3 Å². The molecule has 2 N–H and O–H groups in total. The van der Waals surface area contributed by atoms with Gasteiger partial charge in [-0.3, -0.25) is 9.36 Å². The van der Waals surface area contributed by atoms with Crippen LogP contribution >= 0.6 is 7.37 Å². The highest BCUT2D eigenvalue weighted by Gasteiger charge is 2.64. The van der Waals surface area contributed by atoms with Crippen molar-refractivity contribution in [3.63, 3.8) is 0 Å². The van der Waals surface area contributed by atoms with Crippen molar-refractivity contribution in [1.29, 1.82) is 0 Å². The quantitative estimate of drug-likeness (QED) is 0.805. The molecule has 0 radical (unpaired) electrons. The summed E-state index contributed by atoms with van der Waals surface area (Å²) in [7, 11) is -1.88.